The summed E-state index contributed by atoms with van der Waals surface area (Å²) in [5.74, 6) is -0.217. The highest BCUT2D eigenvalue weighted by Gasteiger charge is 2.31. The van der Waals surface area contributed by atoms with Gasteiger partial charge in [-0.1, -0.05) is 6.07 Å². The number of halogens is 1. The minimum atomic E-state index is -0.432. The number of carbonyl (C=O) groups is 1. The molecule has 1 aromatic carbocycles. The highest BCUT2D eigenvalue weighted by atomic mass is 19.1. The molecule has 2 N–H and O–H groups in total. The molecular weight excluding hydrogens is 275 g/mol. The molecule has 21 heavy (non-hydrogen) atoms. The van der Waals surface area contributed by atoms with Crippen LogP contribution in [0.2, 0.25) is 0 Å². The van der Waals surface area contributed by atoms with Crippen molar-refractivity contribution in [3.8, 4) is 5.75 Å². The molecule has 5 nitrogen and oxygen atoms in total. The SMILES string of the molecule is CCOc1ccc(CNC(=O)N(CCO)C2CC2)cc1F. The van der Waals surface area contributed by atoms with E-state index in [1.165, 1.54) is 6.07 Å². The monoisotopic (exact) mass is 296 g/mol. The fraction of sp³-hybridized carbons (Fsp3) is 0.533. The van der Waals surface area contributed by atoms with Gasteiger partial charge in [-0.15, -0.1) is 0 Å². The Bertz CT molecular complexity index is 492. The molecule has 0 aliphatic heterocycles. The van der Waals surface area contributed by atoms with E-state index < -0.39 is 5.82 Å². The van der Waals surface area contributed by atoms with Crippen molar-refractivity contribution in [2.24, 2.45) is 0 Å². The highest BCUT2D eigenvalue weighted by Crippen LogP contribution is 2.26. The molecule has 2 amide bonds. The number of aliphatic hydroxyl groups excluding tert-OH is 1. The van der Waals surface area contributed by atoms with Gasteiger partial charge in [-0.05, 0) is 37.5 Å². The number of carbonyl (C=O) groups excluding carboxylic acids is 1. The van der Waals surface area contributed by atoms with E-state index in [2.05, 4.69) is 5.32 Å². The van der Waals surface area contributed by atoms with Gasteiger partial charge >= 0.3 is 6.03 Å². The number of hydrogen-bond acceptors (Lipinski definition) is 3. The van der Waals surface area contributed by atoms with Gasteiger partial charge < -0.3 is 20.1 Å². The number of nitrogens with one attached hydrogen (secondary N) is 1. The van der Waals surface area contributed by atoms with Crippen LogP contribution in [0.5, 0.6) is 5.75 Å². The lowest BCUT2D eigenvalue weighted by Crippen LogP contribution is -2.42. The Kier molecular flexibility index (Phi) is 5.38. The van der Waals surface area contributed by atoms with Gasteiger partial charge in [0.15, 0.2) is 11.6 Å². The minimum Gasteiger partial charge on any atom is -0.491 e. The molecule has 0 unspecified atom stereocenters. The van der Waals surface area contributed by atoms with E-state index in [-0.39, 0.29) is 31.0 Å². The molecule has 1 fully saturated rings. The Morgan fingerprint density at radius 3 is 2.86 bits per heavy atom. The largest absolute Gasteiger partial charge is 0.491 e. The second kappa shape index (κ2) is 7.26. The number of benzene rings is 1. The lowest BCUT2D eigenvalue weighted by Gasteiger charge is -2.21. The van der Waals surface area contributed by atoms with E-state index in [1.807, 2.05) is 0 Å². The maximum Gasteiger partial charge on any atom is 0.317 e. The molecule has 1 aliphatic rings. The van der Waals surface area contributed by atoms with Crippen LogP contribution < -0.4 is 10.1 Å². The van der Waals surface area contributed by atoms with E-state index >= 15 is 0 Å². The Labute approximate surface area is 123 Å². The van der Waals surface area contributed by atoms with Crippen LogP contribution in [0, 0.1) is 5.82 Å². The summed E-state index contributed by atoms with van der Waals surface area (Å²) in [6.45, 7) is 2.72. The molecule has 116 valence electrons. The lowest BCUT2D eigenvalue weighted by atomic mass is 10.2. The Balaban J connectivity index is 1.89. The van der Waals surface area contributed by atoms with Crippen molar-refractivity contribution in [2.45, 2.75) is 32.4 Å². The molecule has 6 heteroatoms. The quantitative estimate of drug-likeness (QED) is 0.808. The van der Waals surface area contributed by atoms with E-state index in [0.29, 0.717) is 18.7 Å². The normalized spacial score (nSPS) is 13.9. The summed E-state index contributed by atoms with van der Waals surface area (Å²) in [5, 5.41) is 11.7. The van der Waals surface area contributed by atoms with Crippen LogP contribution in [0.3, 0.4) is 0 Å². The first kappa shape index (κ1) is 15.6. The molecule has 0 radical (unpaired) electrons. The zero-order valence-corrected chi connectivity index (χ0v) is 12.1. The predicted octanol–water partition coefficient (Wildman–Crippen LogP) is 1.89. The van der Waals surface area contributed by atoms with Gasteiger partial charge in [-0.25, -0.2) is 9.18 Å². The molecule has 2 rings (SSSR count). The third-order valence-corrected chi connectivity index (χ3v) is 3.33. The number of nitrogens with zero attached hydrogens (tertiary/aromatic N) is 1. The molecule has 1 saturated carbocycles. The van der Waals surface area contributed by atoms with Crippen molar-refractivity contribution in [3.63, 3.8) is 0 Å². The summed E-state index contributed by atoms with van der Waals surface area (Å²) < 4.78 is 18.8. The van der Waals surface area contributed by atoms with Crippen LogP contribution in [0.25, 0.3) is 0 Å². The van der Waals surface area contributed by atoms with Crippen molar-refractivity contribution in [1.29, 1.82) is 0 Å². The standard InChI is InChI=1S/C15H21FN2O3/c1-2-21-14-6-3-11(9-13(14)16)10-17-15(20)18(7-8-19)12-4-5-12/h3,6,9,12,19H,2,4-5,7-8,10H2,1H3,(H,17,20). The van der Waals surface area contributed by atoms with Gasteiger partial charge in [0.1, 0.15) is 0 Å². The fourth-order valence-corrected chi connectivity index (χ4v) is 2.15. The van der Waals surface area contributed by atoms with E-state index in [1.54, 1.807) is 24.0 Å². The highest BCUT2D eigenvalue weighted by molar-refractivity contribution is 5.74. The van der Waals surface area contributed by atoms with Gasteiger partial charge in [0, 0.05) is 19.1 Å². The maximum absolute atomic E-state index is 13.7. The third-order valence-electron chi connectivity index (χ3n) is 3.33. The third kappa shape index (κ3) is 4.32. The van der Waals surface area contributed by atoms with Crippen LogP contribution in [-0.2, 0) is 6.54 Å². The average molecular weight is 296 g/mol. The zero-order valence-electron chi connectivity index (χ0n) is 12.1. The van der Waals surface area contributed by atoms with Crippen LogP contribution in [0.15, 0.2) is 18.2 Å². The molecule has 0 aromatic heterocycles. The summed E-state index contributed by atoms with van der Waals surface area (Å²) in [5.41, 5.74) is 0.670. The molecule has 1 aromatic rings. The van der Waals surface area contributed by atoms with E-state index in [4.69, 9.17) is 9.84 Å². The number of ether oxygens (including phenoxy) is 1. The first-order valence-corrected chi connectivity index (χ1v) is 7.22. The van der Waals surface area contributed by atoms with E-state index in [9.17, 15) is 9.18 Å². The minimum absolute atomic E-state index is 0.0540. The zero-order chi connectivity index (χ0) is 15.2. The summed E-state index contributed by atoms with van der Waals surface area (Å²) in [4.78, 5) is 13.7. The van der Waals surface area contributed by atoms with Crippen LogP contribution in [0.4, 0.5) is 9.18 Å². The topological polar surface area (TPSA) is 61.8 Å². The van der Waals surface area contributed by atoms with Gasteiger partial charge in [-0.3, -0.25) is 0 Å². The number of aliphatic hydroxyl groups is 1. The average Bonchev–Trinajstić information content (AvgIpc) is 3.29. The first-order valence-electron chi connectivity index (χ1n) is 7.22. The van der Waals surface area contributed by atoms with Crippen molar-refractivity contribution >= 4 is 6.03 Å². The number of hydrogen-bond donors (Lipinski definition) is 2. The van der Waals surface area contributed by atoms with Crippen molar-refractivity contribution < 1.29 is 19.0 Å². The summed E-state index contributed by atoms with van der Waals surface area (Å²) in [6.07, 6.45) is 1.95. The second-order valence-electron chi connectivity index (χ2n) is 5.00. The van der Waals surface area contributed by atoms with Crippen molar-refractivity contribution in [3.05, 3.63) is 29.6 Å². The Hall–Kier alpha value is -1.82. The van der Waals surface area contributed by atoms with E-state index in [0.717, 1.165) is 12.8 Å². The summed E-state index contributed by atoms with van der Waals surface area (Å²) in [7, 11) is 0. The predicted molar refractivity (Wildman–Crippen MR) is 76.6 cm³/mol. The second-order valence-corrected chi connectivity index (χ2v) is 5.00. The van der Waals surface area contributed by atoms with Crippen LogP contribution in [-0.4, -0.2) is 41.8 Å². The smallest absolute Gasteiger partial charge is 0.317 e. The van der Waals surface area contributed by atoms with Gasteiger partial charge in [0.2, 0.25) is 0 Å². The van der Waals surface area contributed by atoms with Crippen molar-refractivity contribution in [2.75, 3.05) is 19.8 Å². The first-order chi connectivity index (χ1) is 10.2. The summed E-state index contributed by atoms with van der Waals surface area (Å²) in [6, 6.07) is 4.66. The van der Waals surface area contributed by atoms with Crippen LogP contribution >= 0.6 is 0 Å². The van der Waals surface area contributed by atoms with Gasteiger partial charge in [0.05, 0.1) is 13.2 Å². The molecule has 0 saturated heterocycles. The van der Waals surface area contributed by atoms with Crippen LogP contribution in [0.1, 0.15) is 25.3 Å². The molecule has 0 spiro atoms. The molecule has 1 aliphatic carbocycles. The fourth-order valence-electron chi connectivity index (χ4n) is 2.15. The number of amides is 2. The summed E-state index contributed by atoms with van der Waals surface area (Å²) >= 11 is 0. The maximum atomic E-state index is 13.7. The number of rotatable bonds is 7. The lowest BCUT2D eigenvalue weighted by molar-refractivity contribution is 0.173. The molecule has 0 heterocycles. The Morgan fingerprint density at radius 2 is 2.29 bits per heavy atom. The molecule has 0 atom stereocenters. The number of urea groups is 1. The van der Waals surface area contributed by atoms with Gasteiger partial charge in [0.25, 0.3) is 0 Å². The van der Waals surface area contributed by atoms with Gasteiger partial charge in [-0.2, -0.15) is 0 Å². The Morgan fingerprint density at radius 1 is 1.52 bits per heavy atom. The molecule has 0 bridgehead atoms. The van der Waals surface area contributed by atoms with Crippen molar-refractivity contribution in [1.82, 2.24) is 10.2 Å². The molecular formula is C15H21FN2O3.